The molecule has 5 heteroatoms. The molecular weight excluding hydrogens is 224 g/mol. The van der Waals surface area contributed by atoms with E-state index in [1.807, 2.05) is 26.8 Å². The van der Waals surface area contributed by atoms with Crippen LogP contribution in [0.4, 0.5) is 11.4 Å². The lowest BCUT2D eigenvalue weighted by atomic mass is 10.2. The average molecular weight is 240 g/mol. The largest absolute Gasteiger partial charge is 0.383 e. The van der Waals surface area contributed by atoms with Gasteiger partial charge in [0.15, 0.2) is 0 Å². The summed E-state index contributed by atoms with van der Waals surface area (Å²) in [6, 6.07) is 5.33. The van der Waals surface area contributed by atoms with Crippen LogP contribution in [-0.2, 0) is 0 Å². The van der Waals surface area contributed by atoms with Crippen molar-refractivity contribution in [3.63, 3.8) is 0 Å². The zero-order valence-electron chi connectivity index (χ0n) is 9.90. The Hall–Kier alpha value is -1.23. The number of nitrogens with zero attached hydrogens (tertiary/aromatic N) is 1. The molecule has 0 spiro atoms. The van der Waals surface area contributed by atoms with Crippen molar-refractivity contribution in [3.05, 3.63) is 28.3 Å². The van der Waals surface area contributed by atoms with Crippen molar-refractivity contribution in [3.8, 4) is 0 Å². The van der Waals surface area contributed by atoms with Crippen molar-refractivity contribution in [1.82, 2.24) is 0 Å². The zero-order chi connectivity index (χ0) is 12.3. The van der Waals surface area contributed by atoms with Gasteiger partial charge in [-0.25, -0.2) is 0 Å². The number of nitrogens with one attached hydrogen (secondary N) is 1. The fourth-order valence-electron chi connectivity index (χ4n) is 1.32. The monoisotopic (exact) mass is 240 g/mol. The summed E-state index contributed by atoms with van der Waals surface area (Å²) in [6.45, 7) is 6.11. The Balaban J connectivity index is 3.22. The molecule has 0 unspecified atom stereocenters. The lowest BCUT2D eigenvalue weighted by Gasteiger charge is -2.18. The molecule has 16 heavy (non-hydrogen) atoms. The second-order valence-electron chi connectivity index (χ2n) is 4.37. The van der Waals surface area contributed by atoms with Crippen LogP contribution in [-0.4, -0.2) is 16.7 Å². The smallest absolute Gasteiger partial charge is 0.305 e. The van der Waals surface area contributed by atoms with Crippen molar-refractivity contribution in [2.45, 2.75) is 30.4 Å². The molecule has 0 saturated carbocycles. The Morgan fingerprint density at radius 2 is 2.00 bits per heavy atom. The summed E-state index contributed by atoms with van der Waals surface area (Å²) in [5.41, 5.74) is 0.712. The summed E-state index contributed by atoms with van der Waals surface area (Å²) in [7, 11) is 1.69. The van der Waals surface area contributed by atoms with Gasteiger partial charge in [0.2, 0.25) is 0 Å². The minimum Gasteiger partial charge on any atom is -0.383 e. The maximum absolute atomic E-state index is 11.0. The summed E-state index contributed by atoms with van der Waals surface area (Å²) in [6.07, 6.45) is 0. The standard InChI is InChI=1S/C11H16N2O2S/c1-11(2,3)16-9-7-5-6-8(12-4)10(9)13(14)15/h5-7,12H,1-4H3. The van der Waals surface area contributed by atoms with Gasteiger partial charge in [0, 0.05) is 11.8 Å². The molecule has 1 aromatic carbocycles. The highest BCUT2D eigenvalue weighted by Crippen LogP contribution is 2.40. The number of hydrogen-bond acceptors (Lipinski definition) is 4. The van der Waals surface area contributed by atoms with E-state index in [0.717, 1.165) is 0 Å². The number of nitro benzene ring substituents is 1. The van der Waals surface area contributed by atoms with Crippen LogP contribution < -0.4 is 5.32 Å². The molecule has 0 aliphatic carbocycles. The van der Waals surface area contributed by atoms with Crippen LogP contribution in [0.3, 0.4) is 0 Å². The first-order chi connectivity index (χ1) is 7.35. The van der Waals surface area contributed by atoms with E-state index in [4.69, 9.17) is 0 Å². The molecular formula is C11H16N2O2S. The molecule has 1 rings (SSSR count). The molecule has 0 heterocycles. The van der Waals surface area contributed by atoms with Crippen LogP contribution in [0.15, 0.2) is 23.1 Å². The van der Waals surface area contributed by atoms with Crippen molar-refractivity contribution < 1.29 is 4.92 Å². The molecule has 0 saturated heterocycles. The number of anilines is 1. The molecule has 1 N–H and O–H groups in total. The van der Waals surface area contributed by atoms with Gasteiger partial charge >= 0.3 is 5.69 Å². The lowest BCUT2D eigenvalue weighted by molar-refractivity contribution is -0.386. The molecule has 0 amide bonds. The molecule has 0 aliphatic rings. The number of hydrogen-bond donors (Lipinski definition) is 1. The molecule has 1 aromatic rings. The van der Waals surface area contributed by atoms with Crippen molar-refractivity contribution in [2.75, 3.05) is 12.4 Å². The van der Waals surface area contributed by atoms with Crippen molar-refractivity contribution in [2.24, 2.45) is 0 Å². The summed E-state index contributed by atoms with van der Waals surface area (Å²) < 4.78 is -0.0445. The van der Waals surface area contributed by atoms with E-state index in [9.17, 15) is 10.1 Å². The van der Waals surface area contributed by atoms with E-state index in [1.165, 1.54) is 11.8 Å². The van der Waals surface area contributed by atoms with Gasteiger partial charge < -0.3 is 5.32 Å². The fourth-order valence-corrected chi connectivity index (χ4v) is 2.41. The van der Waals surface area contributed by atoms with Crippen LogP contribution in [0, 0.1) is 10.1 Å². The molecule has 0 atom stereocenters. The Labute approximate surface area is 99.6 Å². The highest BCUT2D eigenvalue weighted by molar-refractivity contribution is 8.00. The van der Waals surface area contributed by atoms with Gasteiger partial charge in [-0.15, -0.1) is 11.8 Å². The molecule has 4 nitrogen and oxygen atoms in total. The summed E-state index contributed by atoms with van der Waals surface area (Å²) in [5, 5.41) is 13.9. The van der Waals surface area contributed by atoms with Crippen LogP contribution >= 0.6 is 11.8 Å². The van der Waals surface area contributed by atoms with Gasteiger partial charge in [0.1, 0.15) is 5.69 Å². The van der Waals surface area contributed by atoms with E-state index in [2.05, 4.69) is 5.32 Å². The summed E-state index contributed by atoms with van der Waals surface area (Å²) in [5.74, 6) is 0. The molecule has 0 aromatic heterocycles. The van der Waals surface area contributed by atoms with Gasteiger partial charge in [0.25, 0.3) is 0 Å². The number of thioether (sulfide) groups is 1. The Kier molecular flexibility index (Phi) is 3.80. The minimum atomic E-state index is -0.333. The van der Waals surface area contributed by atoms with Gasteiger partial charge in [-0.05, 0) is 12.1 Å². The van der Waals surface area contributed by atoms with Gasteiger partial charge in [-0.3, -0.25) is 10.1 Å². The molecule has 88 valence electrons. The normalized spacial score (nSPS) is 11.2. The predicted molar refractivity (Wildman–Crippen MR) is 68.3 cm³/mol. The highest BCUT2D eigenvalue weighted by atomic mass is 32.2. The number of para-hydroxylation sites is 1. The van der Waals surface area contributed by atoms with Gasteiger partial charge in [-0.1, -0.05) is 26.8 Å². The first-order valence-electron chi connectivity index (χ1n) is 4.99. The SMILES string of the molecule is CNc1cccc(SC(C)(C)C)c1[N+](=O)[O-]. The first kappa shape index (κ1) is 12.8. The Morgan fingerprint density at radius 1 is 1.38 bits per heavy atom. The van der Waals surface area contributed by atoms with Crippen molar-refractivity contribution >= 4 is 23.1 Å². The third kappa shape index (κ3) is 3.13. The quantitative estimate of drug-likeness (QED) is 0.499. The van der Waals surface area contributed by atoms with E-state index in [1.54, 1.807) is 19.2 Å². The summed E-state index contributed by atoms with van der Waals surface area (Å²) in [4.78, 5) is 11.4. The predicted octanol–water partition coefficient (Wildman–Crippen LogP) is 3.53. The maximum atomic E-state index is 11.0. The average Bonchev–Trinajstić information content (AvgIpc) is 2.14. The van der Waals surface area contributed by atoms with Gasteiger partial charge in [0.05, 0.1) is 9.82 Å². The Morgan fingerprint density at radius 3 is 2.44 bits per heavy atom. The van der Waals surface area contributed by atoms with E-state index in [0.29, 0.717) is 10.6 Å². The van der Waals surface area contributed by atoms with Crippen molar-refractivity contribution in [1.29, 1.82) is 0 Å². The third-order valence-corrected chi connectivity index (χ3v) is 3.03. The van der Waals surface area contributed by atoms with E-state index >= 15 is 0 Å². The van der Waals surface area contributed by atoms with Crippen LogP contribution in [0.1, 0.15) is 20.8 Å². The topological polar surface area (TPSA) is 55.2 Å². The number of benzene rings is 1. The molecule has 0 radical (unpaired) electrons. The lowest BCUT2D eigenvalue weighted by Crippen LogP contribution is -2.08. The van der Waals surface area contributed by atoms with E-state index < -0.39 is 0 Å². The second-order valence-corrected chi connectivity index (χ2v) is 6.24. The third-order valence-electron chi connectivity index (χ3n) is 1.87. The first-order valence-corrected chi connectivity index (χ1v) is 5.81. The Bertz CT molecular complexity index is 399. The van der Waals surface area contributed by atoms with E-state index in [-0.39, 0.29) is 15.4 Å². The number of rotatable bonds is 3. The summed E-state index contributed by atoms with van der Waals surface area (Å²) >= 11 is 1.50. The minimum absolute atomic E-state index is 0.0445. The van der Waals surface area contributed by atoms with Crippen LogP contribution in [0.5, 0.6) is 0 Å². The number of nitro groups is 1. The van der Waals surface area contributed by atoms with Crippen LogP contribution in [0.2, 0.25) is 0 Å². The highest BCUT2D eigenvalue weighted by Gasteiger charge is 2.23. The zero-order valence-corrected chi connectivity index (χ0v) is 10.7. The van der Waals surface area contributed by atoms with Gasteiger partial charge in [-0.2, -0.15) is 0 Å². The molecule has 0 fully saturated rings. The maximum Gasteiger partial charge on any atom is 0.305 e. The van der Waals surface area contributed by atoms with Crippen LogP contribution in [0.25, 0.3) is 0 Å². The molecule has 0 bridgehead atoms. The fraction of sp³-hybridized carbons (Fsp3) is 0.455. The molecule has 0 aliphatic heterocycles. The second kappa shape index (κ2) is 4.74.